The van der Waals surface area contributed by atoms with Gasteiger partial charge in [0.05, 0.1) is 70.5 Å². The second kappa shape index (κ2) is 72.8. The number of aromatic hydroxyl groups is 1. The molecule has 0 aliphatic rings. The van der Waals surface area contributed by atoms with Crippen molar-refractivity contribution in [2.24, 2.45) is 0 Å². The van der Waals surface area contributed by atoms with E-state index in [-0.39, 0.29) is 98.0 Å². The number of rotatable bonds is 26. The number of halogens is 6. The predicted molar refractivity (Wildman–Crippen MR) is 407 cm³/mol. The number of aromatic nitrogens is 6. The molecule has 6 aromatic rings. The van der Waals surface area contributed by atoms with Crippen molar-refractivity contribution in [3.63, 3.8) is 0 Å². The van der Waals surface area contributed by atoms with Crippen LogP contribution in [0.4, 0.5) is 0 Å². The van der Waals surface area contributed by atoms with Crippen LogP contribution in [-0.4, -0.2) is 112 Å². The van der Waals surface area contributed by atoms with Gasteiger partial charge in [-0.05, 0) is 165 Å². The fourth-order valence-corrected chi connectivity index (χ4v) is 8.84. The SMILES string of the molecule is CC.CC.CCC(CC)Oc1cncc(Cl)c1.CCc1cc(OC(CC)CC)c(CC)nc1Br.CCc1cnc(CC)c(OC(CC)CC)c1.CCc1cnc(Cl)c(OC(CC)CC)c1.CCc1cncc(OC(CC)CC)c1.Oc1cncc(Cl)c1.[Br-].[Br-].[CH2-]C.[CH2-]C.[Mg+2].[Mg+2]. The van der Waals surface area contributed by atoms with Gasteiger partial charge in [-0.1, -0.05) is 173 Å². The third kappa shape index (κ3) is 49.7. The molecule has 0 fully saturated rings. The van der Waals surface area contributed by atoms with Crippen LogP contribution in [0.15, 0.2) is 90.6 Å². The smallest absolute Gasteiger partial charge is 1.00 e. The van der Waals surface area contributed by atoms with Gasteiger partial charge in [0.2, 0.25) is 0 Å². The van der Waals surface area contributed by atoms with Gasteiger partial charge in [0.25, 0.3) is 0 Å². The molecule has 0 saturated carbocycles. The van der Waals surface area contributed by atoms with E-state index < -0.39 is 0 Å². The van der Waals surface area contributed by atoms with E-state index >= 15 is 0 Å². The average Bonchev–Trinajstić information content (AvgIpc) is 0.941. The number of aryl methyl sites for hydroxylation is 6. The Labute approximate surface area is 656 Å². The Morgan fingerprint density at radius 1 is 0.389 bits per heavy atom. The molecular weight excluding hydrogens is 1480 g/mol. The van der Waals surface area contributed by atoms with E-state index in [1.165, 1.54) is 35.2 Å². The summed E-state index contributed by atoms with van der Waals surface area (Å²) < 4.78 is 30.2. The van der Waals surface area contributed by atoms with Gasteiger partial charge >= 0.3 is 46.1 Å². The molecule has 95 heavy (non-hydrogen) atoms. The maximum Gasteiger partial charge on any atom is 2.00 e. The molecule has 0 atom stereocenters. The van der Waals surface area contributed by atoms with Crippen molar-refractivity contribution in [1.82, 2.24) is 29.9 Å². The minimum atomic E-state index is 0. The first-order valence-corrected chi connectivity index (χ1v) is 35.8. The largest absolute Gasteiger partial charge is 2.00 e. The zero-order valence-corrected chi connectivity index (χ0v) is 72.4. The Bertz CT molecular complexity index is 2640. The number of hydrogen-bond donors (Lipinski definition) is 1. The molecule has 0 aliphatic carbocycles. The number of hydrogen-bond acceptors (Lipinski definition) is 12. The molecule has 534 valence electrons. The van der Waals surface area contributed by atoms with E-state index in [4.69, 9.17) is 63.6 Å². The van der Waals surface area contributed by atoms with Gasteiger partial charge in [0.1, 0.15) is 33.4 Å². The maximum absolute atomic E-state index is 8.67. The average molecular weight is 1600 g/mol. The van der Waals surface area contributed by atoms with Crippen LogP contribution < -0.4 is 57.6 Å². The van der Waals surface area contributed by atoms with Crippen LogP contribution in [0.5, 0.6) is 34.5 Å². The number of pyridine rings is 6. The molecule has 0 radical (unpaired) electrons. The number of ether oxygens (including phenoxy) is 5. The van der Waals surface area contributed by atoms with Crippen molar-refractivity contribution in [2.45, 2.75) is 286 Å². The fourth-order valence-electron chi connectivity index (χ4n) is 7.75. The maximum atomic E-state index is 8.67. The quantitative estimate of drug-likeness (QED) is 0.0314. The molecule has 12 nitrogen and oxygen atoms in total. The fraction of sp³-hybridized carbons (Fsp3) is 0.573. The monoisotopic (exact) mass is 1590 g/mol. The molecule has 0 aliphatic heterocycles. The molecule has 1 N–H and O–H groups in total. The van der Waals surface area contributed by atoms with E-state index in [0.717, 1.165) is 147 Å². The molecule has 20 heteroatoms. The van der Waals surface area contributed by atoms with Gasteiger partial charge in [-0.25, -0.2) is 9.97 Å². The third-order valence-corrected chi connectivity index (χ3v) is 14.8. The van der Waals surface area contributed by atoms with Crippen LogP contribution in [0, 0.1) is 13.8 Å². The third-order valence-electron chi connectivity index (χ3n) is 13.4. The van der Waals surface area contributed by atoms with Gasteiger partial charge in [-0.3, -0.25) is 19.9 Å². The minimum absolute atomic E-state index is 0. The summed E-state index contributed by atoms with van der Waals surface area (Å²) in [4.78, 5) is 24.9. The molecule has 0 spiro atoms. The Morgan fingerprint density at radius 3 is 1.08 bits per heavy atom. The summed E-state index contributed by atoms with van der Waals surface area (Å²) in [6.07, 6.45) is 31.0. The molecule has 0 aromatic carbocycles. The first-order valence-electron chi connectivity index (χ1n) is 33.8. The first-order chi connectivity index (χ1) is 43.9. The standard InChI is InChI=1S/C14H22BrNO.C14H23NO.C12H18ClNO.C12H19NO.C10H14ClNO.C5H4ClNO.2C2H6.2C2H5.2BrH.2Mg/c1-5-10-9-13(17-11(6-2)7-3)12(8-4)16-14(10)15;1-5-11-9-14(13(8-4)15-10-11)16-12(6-2)7-3;1-4-9-7-11(12(13)14-8-9)15-10(5-2)6-3;1-4-10-7-12(9-13-8-10)14-11(5-2)6-3;1-3-9(4-2)13-10-5-8(11)6-12-7-10;6-4-1-5(8)3-7-2-4;4*1-2;;;;/h9,11H,5-8H2,1-4H3;9-10,12H,5-8H2,1-4H3;7-8,10H,4-6H2,1-3H3;7-9,11H,4-6H2,1-3H3;5-7,9H,3-4H2,1-2H3;1-3,8H;2*1-2H3;2*1H2,2H3;2*1H;;/q;;;;;;;;2*-1;;;2*+2/p-2. The van der Waals surface area contributed by atoms with Gasteiger partial charge in [0.15, 0.2) is 10.9 Å². The van der Waals surface area contributed by atoms with E-state index in [0.29, 0.717) is 39.3 Å². The Balaban J connectivity index is -0.000000156. The van der Waals surface area contributed by atoms with Crippen LogP contribution in [-0.2, 0) is 38.5 Å². The second-order valence-corrected chi connectivity index (χ2v) is 21.4. The van der Waals surface area contributed by atoms with Crippen molar-refractivity contribution >= 4 is 96.8 Å². The molecule has 0 bridgehead atoms. The van der Waals surface area contributed by atoms with Crippen LogP contribution in [0.25, 0.3) is 0 Å². The van der Waals surface area contributed by atoms with E-state index in [1.807, 2.05) is 46.2 Å². The zero-order chi connectivity index (χ0) is 70.1. The topological polar surface area (TPSA) is 144 Å². The summed E-state index contributed by atoms with van der Waals surface area (Å²) in [7, 11) is 0. The Hall–Kier alpha value is -2.46. The van der Waals surface area contributed by atoms with Gasteiger partial charge < -0.3 is 76.6 Å². The molecule has 0 saturated heterocycles. The summed E-state index contributed by atoms with van der Waals surface area (Å²) in [5.41, 5.74) is 6.96. The summed E-state index contributed by atoms with van der Waals surface area (Å²) in [6.45, 7) is 52.1. The van der Waals surface area contributed by atoms with Crippen molar-refractivity contribution in [3.8, 4) is 34.5 Å². The molecule has 6 rings (SSSR count). The van der Waals surface area contributed by atoms with E-state index in [9.17, 15) is 0 Å². The summed E-state index contributed by atoms with van der Waals surface area (Å²) in [5.74, 6) is 4.40. The van der Waals surface area contributed by atoms with Crippen molar-refractivity contribution in [3.05, 3.63) is 153 Å². The van der Waals surface area contributed by atoms with Crippen LogP contribution in [0.2, 0.25) is 15.2 Å². The van der Waals surface area contributed by atoms with Crippen molar-refractivity contribution in [2.75, 3.05) is 0 Å². The molecule has 6 heterocycles. The van der Waals surface area contributed by atoms with Gasteiger partial charge in [0, 0.05) is 43.1 Å². The minimum Gasteiger partial charge on any atom is -1.00 e. The summed E-state index contributed by atoms with van der Waals surface area (Å²) in [6, 6.07) is 11.5. The van der Waals surface area contributed by atoms with E-state index in [1.54, 1.807) is 44.7 Å². The molecule has 0 unspecified atom stereocenters. The second-order valence-electron chi connectivity index (χ2n) is 19.4. The van der Waals surface area contributed by atoms with Gasteiger partial charge in [-0.2, -0.15) is 13.8 Å². The molecular formula is C75H122Br3Cl3Mg2N6O6. The van der Waals surface area contributed by atoms with Crippen molar-refractivity contribution < 1.29 is 62.8 Å². The normalized spacial score (nSPS) is 9.48. The summed E-state index contributed by atoms with van der Waals surface area (Å²) in [5, 5.41) is 10.2. The van der Waals surface area contributed by atoms with E-state index in [2.05, 4.69) is 189 Å². The van der Waals surface area contributed by atoms with Crippen LogP contribution in [0.1, 0.15) is 250 Å². The van der Waals surface area contributed by atoms with Crippen molar-refractivity contribution in [1.29, 1.82) is 0 Å². The Kier molecular flexibility index (Phi) is 83.1. The Morgan fingerprint density at radius 2 is 0.726 bits per heavy atom. The predicted octanol–water partition coefficient (Wildman–Crippen LogP) is 17.1. The van der Waals surface area contributed by atoms with Crippen LogP contribution >= 0.6 is 50.7 Å². The first kappa shape index (κ1) is 109. The molecule has 0 amide bonds. The number of nitrogens with zero attached hydrogens (tertiary/aromatic N) is 6. The zero-order valence-electron chi connectivity index (χ0n) is 62.6. The molecule has 6 aromatic heterocycles. The van der Waals surface area contributed by atoms with Gasteiger partial charge in [-0.15, -0.1) is 0 Å². The van der Waals surface area contributed by atoms with Crippen LogP contribution in [0.3, 0.4) is 0 Å². The summed E-state index contributed by atoms with van der Waals surface area (Å²) >= 11 is 20.7.